The van der Waals surface area contributed by atoms with E-state index in [0.717, 1.165) is 11.3 Å². The van der Waals surface area contributed by atoms with Crippen LogP contribution >= 0.6 is 0 Å². The minimum atomic E-state index is -1.10. The van der Waals surface area contributed by atoms with Crippen molar-refractivity contribution in [3.8, 4) is 5.75 Å². The Labute approximate surface area is 134 Å². The van der Waals surface area contributed by atoms with E-state index in [2.05, 4.69) is 5.32 Å². The summed E-state index contributed by atoms with van der Waals surface area (Å²) in [4.78, 5) is 23.0. The molecule has 2 aromatic rings. The summed E-state index contributed by atoms with van der Waals surface area (Å²) in [7, 11) is 0. The number of aryl methyl sites for hydroxylation is 2. The molecule has 2 rings (SSSR count). The molecular weight excluding hydrogens is 298 g/mol. The van der Waals surface area contributed by atoms with Crippen molar-refractivity contribution < 1.29 is 23.8 Å². The topological polar surface area (TPSA) is 88.8 Å². The molecule has 1 aromatic heterocycles. The molecule has 0 spiro atoms. The van der Waals surface area contributed by atoms with Crippen LogP contribution in [0.5, 0.6) is 5.75 Å². The molecule has 1 aromatic carbocycles. The number of para-hydroxylation sites is 1. The molecule has 1 heterocycles. The Bertz CT molecular complexity index is 705. The van der Waals surface area contributed by atoms with Crippen molar-refractivity contribution in [1.82, 2.24) is 5.32 Å². The van der Waals surface area contributed by atoms with Gasteiger partial charge in [0.1, 0.15) is 23.7 Å². The maximum absolute atomic E-state index is 12.0. The lowest BCUT2D eigenvalue weighted by atomic mass is 10.2. The standard InChI is InChI=1S/C17H19NO5/c1-3-13-12(17(20)21)10-15(23-13)16(19)18-8-9-22-14-7-5-4-6-11(14)2/h4-7,10H,3,8-9H2,1-2H3,(H,18,19)(H,20,21). The third-order valence-electron chi connectivity index (χ3n) is 3.32. The number of carboxylic acid groups (broad SMARTS) is 1. The Balaban J connectivity index is 1.88. The maximum Gasteiger partial charge on any atom is 0.339 e. The van der Waals surface area contributed by atoms with Crippen LogP contribution in [0.25, 0.3) is 0 Å². The van der Waals surface area contributed by atoms with Gasteiger partial charge in [0.15, 0.2) is 5.76 Å². The number of nitrogens with one attached hydrogen (secondary N) is 1. The van der Waals surface area contributed by atoms with Crippen LogP contribution in [0, 0.1) is 6.92 Å². The molecule has 0 aliphatic carbocycles. The lowest BCUT2D eigenvalue weighted by Crippen LogP contribution is -2.27. The van der Waals surface area contributed by atoms with E-state index < -0.39 is 11.9 Å². The Morgan fingerprint density at radius 3 is 2.65 bits per heavy atom. The second-order valence-electron chi connectivity index (χ2n) is 4.98. The van der Waals surface area contributed by atoms with E-state index in [0.29, 0.717) is 18.8 Å². The van der Waals surface area contributed by atoms with Crippen molar-refractivity contribution >= 4 is 11.9 Å². The minimum Gasteiger partial charge on any atom is -0.491 e. The molecule has 0 unspecified atom stereocenters. The monoisotopic (exact) mass is 317 g/mol. The van der Waals surface area contributed by atoms with Crippen LogP contribution in [0.1, 0.15) is 39.2 Å². The van der Waals surface area contributed by atoms with E-state index in [1.807, 2.05) is 31.2 Å². The van der Waals surface area contributed by atoms with Crippen molar-refractivity contribution in [3.05, 3.63) is 53.0 Å². The molecule has 23 heavy (non-hydrogen) atoms. The van der Waals surface area contributed by atoms with E-state index in [4.69, 9.17) is 14.3 Å². The predicted molar refractivity (Wildman–Crippen MR) is 84.1 cm³/mol. The van der Waals surface area contributed by atoms with E-state index in [1.54, 1.807) is 6.92 Å². The summed E-state index contributed by atoms with van der Waals surface area (Å²) in [6, 6.07) is 8.85. The first-order chi connectivity index (χ1) is 11.0. The molecule has 1 amide bonds. The summed E-state index contributed by atoms with van der Waals surface area (Å²) in [5, 5.41) is 11.7. The second-order valence-corrected chi connectivity index (χ2v) is 4.98. The fraction of sp³-hybridized carbons (Fsp3) is 0.294. The van der Waals surface area contributed by atoms with Gasteiger partial charge in [0.2, 0.25) is 0 Å². The van der Waals surface area contributed by atoms with Crippen LogP contribution in [0.4, 0.5) is 0 Å². The van der Waals surface area contributed by atoms with Gasteiger partial charge < -0.3 is 19.6 Å². The summed E-state index contributed by atoms with van der Waals surface area (Å²) < 4.78 is 10.9. The zero-order chi connectivity index (χ0) is 16.8. The van der Waals surface area contributed by atoms with Gasteiger partial charge in [-0.2, -0.15) is 0 Å². The smallest absolute Gasteiger partial charge is 0.339 e. The Morgan fingerprint density at radius 1 is 1.30 bits per heavy atom. The van der Waals surface area contributed by atoms with Crippen LogP contribution < -0.4 is 10.1 Å². The molecule has 0 saturated carbocycles. The molecule has 6 heteroatoms. The number of hydrogen-bond donors (Lipinski definition) is 2. The fourth-order valence-electron chi connectivity index (χ4n) is 2.12. The lowest BCUT2D eigenvalue weighted by Gasteiger charge is -2.09. The van der Waals surface area contributed by atoms with Crippen LogP contribution in [-0.2, 0) is 6.42 Å². The molecule has 0 aliphatic heterocycles. The second kappa shape index (κ2) is 7.49. The van der Waals surface area contributed by atoms with Gasteiger partial charge in [0, 0.05) is 12.5 Å². The number of carboxylic acids is 1. The zero-order valence-corrected chi connectivity index (χ0v) is 13.1. The number of ether oxygens (including phenoxy) is 1. The van der Waals surface area contributed by atoms with Crippen LogP contribution in [-0.4, -0.2) is 30.1 Å². The van der Waals surface area contributed by atoms with Gasteiger partial charge in [-0.1, -0.05) is 25.1 Å². The van der Waals surface area contributed by atoms with Crippen molar-refractivity contribution in [2.75, 3.05) is 13.2 Å². The Hall–Kier alpha value is -2.76. The number of rotatable bonds is 7. The first kappa shape index (κ1) is 16.6. The highest BCUT2D eigenvalue weighted by Crippen LogP contribution is 2.17. The van der Waals surface area contributed by atoms with E-state index >= 15 is 0 Å². The number of furan rings is 1. The normalized spacial score (nSPS) is 10.3. The zero-order valence-electron chi connectivity index (χ0n) is 13.1. The molecule has 6 nitrogen and oxygen atoms in total. The molecule has 0 atom stereocenters. The predicted octanol–water partition coefficient (Wildman–Crippen LogP) is 2.66. The van der Waals surface area contributed by atoms with Gasteiger partial charge in [-0.15, -0.1) is 0 Å². The summed E-state index contributed by atoms with van der Waals surface area (Å²) in [6.07, 6.45) is 0.408. The van der Waals surface area contributed by atoms with Crippen molar-refractivity contribution in [1.29, 1.82) is 0 Å². The van der Waals surface area contributed by atoms with E-state index in [1.165, 1.54) is 6.07 Å². The average molecular weight is 317 g/mol. The first-order valence-corrected chi connectivity index (χ1v) is 7.35. The molecule has 0 aliphatic rings. The van der Waals surface area contributed by atoms with Crippen LogP contribution in [0.2, 0.25) is 0 Å². The fourth-order valence-corrected chi connectivity index (χ4v) is 2.12. The van der Waals surface area contributed by atoms with Gasteiger partial charge in [0.25, 0.3) is 5.91 Å². The average Bonchev–Trinajstić information content (AvgIpc) is 2.97. The van der Waals surface area contributed by atoms with Crippen molar-refractivity contribution in [2.24, 2.45) is 0 Å². The maximum atomic E-state index is 12.0. The molecule has 0 fully saturated rings. The van der Waals surface area contributed by atoms with Crippen molar-refractivity contribution in [2.45, 2.75) is 20.3 Å². The molecule has 0 bridgehead atoms. The van der Waals surface area contributed by atoms with Gasteiger partial charge in [0.05, 0.1) is 6.54 Å². The highest BCUT2D eigenvalue weighted by atomic mass is 16.5. The Morgan fingerprint density at radius 2 is 2.04 bits per heavy atom. The van der Waals surface area contributed by atoms with Crippen LogP contribution in [0.15, 0.2) is 34.7 Å². The van der Waals surface area contributed by atoms with E-state index in [9.17, 15) is 9.59 Å². The van der Waals surface area contributed by atoms with Crippen molar-refractivity contribution in [3.63, 3.8) is 0 Å². The number of carbonyl (C=O) groups excluding carboxylic acids is 1. The third kappa shape index (κ3) is 4.12. The lowest BCUT2D eigenvalue weighted by molar-refractivity contribution is 0.0694. The number of hydrogen-bond acceptors (Lipinski definition) is 4. The minimum absolute atomic E-state index is 0.00450. The summed E-state index contributed by atoms with van der Waals surface area (Å²) in [5.41, 5.74) is 1.04. The molecule has 0 radical (unpaired) electrons. The third-order valence-corrected chi connectivity index (χ3v) is 3.32. The molecular formula is C17H19NO5. The highest BCUT2D eigenvalue weighted by Gasteiger charge is 2.19. The summed E-state index contributed by atoms with van der Waals surface area (Å²) in [5.74, 6) is -0.511. The molecule has 2 N–H and O–H groups in total. The van der Waals surface area contributed by atoms with Gasteiger partial charge in [-0.25, -0.2) is 4.79 Å². The quantitative estimate of drug-likeness (QED) is 0.766. The van der Waals surface area contributed by atoms with Gasteiger partial charge in [-0.05, 0) is 18.6 Å². The first-order valence-electron chi connectivity index (χ1n) is 7.35. The molecule has 122 valence electrons. The molecule has 0 saturated heterocycles. The number of amides is 1. The Kier molecular flexibility index (Phi) is 5.41. The summed E-state index contributed by atoms with van der Waals surface area (Å²) in [6.45, 7) is 4.31. The van der Waals surface area contributed by atoms with Crippen LogP contribution in [0.3, 0.4) is 0 Å². The number of carbonyl (C=O) groups is 2. The van der Waals surface area contributed by atoms with Gasteiger partial charge in [-0.3, -0.25) is 4.79 Å². The van der Waals surface area contributed by atoms with E-state index in [-0.39, 0.29) is 17.9 Å². The number of benzene rings is 1. The summed E-state index contributed by atoms with van der Waals surface area (Å²) >= 11 is 0. The SMILES string of the molecule is CCc1oc(C(=O)NCCOc2ccccc2C)cc1C(=O)O. The van der Waals surface area contributed by atoms with Gasteiger partial charge >= 0.3 is 5.97 Å². The largest absolute Gasteiger partial charge is 0.491 e. The highest BCUT2D eigenvalue weighted by molar-refractivity contribution is 5.96. The number of aromatic carboxylic acids is 1.